The number of carbonyl (C=O) groups is 2. The summed E-state index contributed by atoms with van der Waals surface area (Å²) >= 11 is 0. The lowest BCUT2D eigenvalue weighted by molar-refractivity contribution is -0.121. The maximum atomic E-state index is 13.2. The fraction of sp³-hybridized carbons (Fsp3) is 0.300. The summed E-state index contributed by atoms with van der Waals surface area (Å²) in [6.45, 7) is 2.98. The van der Waals surface area contributed by atoms with E-state index in [-0.39, 0.29) is 17.7 Å². The number of halogens is 1. The van der Waals surface area contributed by atoms with Gasteiger partial charge in [-0.15, -0.1) is 0 Å². The molecule has 1 aliphatic heterocycles. The Kier molecular flexibility index (Phi) is 5.12. The predicted octanol–water partition coefficient (Wildman–Crippen LogP) is 3.63. The van der Waals surface area contributed by atoms with E-state index in [1.165, 1.54) is 12.1 Å². The number of anilines is 1. The Morgan fingerprint density at radius 1 is 1.16 bits per heavy atom. The maximum Gasteiger partial charge on any atom is 0.253 e. The number of nitrogens with one attached hydrogen (secondary N) is 1. The molecule has 1 atom stereocenters. The Bertz CT molecular complexity index is 791. The van der Waals surface area contributed by atoms with Crippen LogP contribution >= 0.6 is 0 Å². The van der Waals surface area contributed by atoms with Crippen molar-refractivity contribution in [3.8, 4) is 0 Å². The molecule has 2 aromatic rings. The monoisotopic (exact) mass is 340 g/mol. The first-order valence-corrected chi connectivity index (χ1v) is 8.45. The fourth-order valence-corrected chi connectivity index (χ4v) is 3.15. The third kappa shape index (κ3) is 4.24. The van der Waals surface area contributed by atoms with Gasteiger partial charge in [0.2, 0.25) is 5.91 Å². The smallest absolute Gasteiger partial charge is 0.253 e. The molecule has 0 bridgehead atoms. The quantitative estimate of drug-likeness (QED) is 0.928. The van der Waals surface area contributed by atoms with E-state index in [9.17, 15) is 14.0 Å². The van der Waals surface area contributed by atoms with E-state index in [2.05, 4.69) is 5.32 Å². The van der Waals surface area contributed by atoms with Crippen LogP contribution in [0.15, 0.2) is 48.5 Å². The van der Waals surface area contributed by atoms with Gasteiger partial charge in [-0.3, -0.25) is 9.59 Å². The molecule has 0 radical (unpaired) electrons. The summed E-state index contributed by atoms with van der Waals surface area (Å²) in [6, 6.07) is 13.3. The van der Waals surface area contributed by atoms with Crippen molar-refractivity contribution in [1.82, 2.24) is 4.90 Å². The normalized spacial score (nSPS) is 17.2. The lowest BCUT2D eigenvalue weighted by Crippen LogP contribution is -2.43. The Morgan fingerprint density at radius 2 is 1.96 bits per heavy atom. The topological polar surface area (TPSA) is 49.4 Å². The molecule has 1 saturated heterocycles. The summed E-state index contributed by atoms with van der Waals surface area (Å²) in [7, 11) is 0. The second-order valence-corrected chi connectivity index (χ2v) is 6.46. The van der Waals surface area contributed by atoms with E-state index in [4.69, 9.17) is 0 Å². The van der Waals surface area contributed by atoms with Gasteiger partial charge in [-0.25, -0.2) is 4.39 Å². The number of piperidine rings is 1. The van der Waals surface area contributed by atoms with Gasteiger partial charge in [0, 0.05) is 24.3 Å². The van der Waals surface area contributed by atoms with E-state index in [1.807, 2.05) is 25.1 Å². The highest BCUT2D eigenvalue weighted by atomic mass is 19.1. The number of rotatable bonds is 3. The third-order valence-corrected chi connectivity index (χ3v) is 4.44. The highest BCUT2D eigenvalue weighted by Crippen LogP contribution is 2.21. The van der Waals surface area contributed by atoms with E-state index in [1.54, 1.807) is 23.1 Å². The SMILES string of the molecule is Cc1cccc(C(=O)N2CCC[C@H](C(=O)Nc3cccc(F)c3)C2)c1. The van der Waals surface area contributed by atoms with Gasteiger partial charge in [-0.1, -0.05) is 23.8 Å². The molecular weight excluding hydrogens is 319 g/mol. The van der Waals surface area contributed by atoms with Crippen molar-refractivity contribution in [2.75, 3.05) is 18.4 Å². The van der Waals surface area contributed by atoms with Crippen LogP contribution < -0.4 is 5.32 Å². The molecule has 5 heteroatoms. The first-order chi connectivity index (χ1) is 12.0. The highest BCUT2D eigenvalue weighted by Gasteiger charge is 2.29. The zero-order valence-corrected chi connectivity index (χ0v) is 14.2. The van der Waals surface area contributed by atoms with Gasteiger partial charge in [0.25, 0.3) is 5.91 Å². The highest BCUT2D eigenvalue weighted by molar-refractivity contribution is 5.96. The molecular formula is C20H21FN2O2. The van der Waals surface area contributed by atoms with Crippen molar-refractivity contribution in [2.45, 2.75) is 19.8 Å². The molecule has 1 N–H and O–H groups in total. The second-order valence-electron chi connectivity index (χ2n) is 6.46. The molecule has 3 rings (SSSR count). The molecule has 2 aromatic carbocycles. The van der Waals surface area contributed by atoms with E-state index < -0.39 is 5.82 Å². The molecule has 25 heavy (non-hydrogen) atoms. The number of hydrogen-bond acceptors (Lipinski definition) is 2. The first kappa shape index (κ1) is 17.1. The number of nitrogens with zero attached hydrogens (tertiary/aromatic N) is 1. The summed E-state index contributed by atoms with van der Waals surface area (Å²) in [5.41, 5.74) is 2.11. The molecule has 1 fully saturated rings. The molecule has 1 heterocycles. The van der Waals surface area contributed by atoms with Crippen molar-refractivity contribution in [2.24, 2.45) is 5.92 Å². The van der Waals surface area contributed by atoms with Crippen LogP contribution in [0.5, 0.6) is 0 Å². The minimum atomic E-state index is -0.391. The maximum absolute atomic E-state index is 13.2. The average molecular weight is 340 g/mol. The van der Waals surface area contributed by atoms with Crippen LogP contribution in [0.1, 0.15) is 28.8 Å². The van der Waals surface area contributed by atoms with Crippen molar-refractivity contribution >= 4 is 17.5 Å². The average Bonchev–Trinajstić information content (AvgIpc) is 2.61. The van der Waals surface area contributed by atoms with Gasteiger partial charge >= 0.3 is 0 Å². The minimum Gasteiger partial charge on any atom is -0.338 e. The van der Waals surface area contributed by atoms with Gasteiger partial charge in [0.1, 0.15) is 5.82 Å². The third-order valence-electron chi connectivity index (χ3n) is 4.44. The number of carbonyl (C=O) groups excluding carboxylic acids is 2. The molecule has 0 spiro atoms. The Balaban J connectivity index is 1.66. The van der Waals surface area contributed by atoms with Crippen molar-refractivity contribution < 1.29 is 14.0 Å². The number of amides is 2. The summed E-state index contributed by atoms with van der Waals surface area (Å²) in [6.07, 6.45) is 1.50. The van der Waals surface area contributed by atoms with Gasteiger partial charge in [-0.05, 0) is 50.1 Å². The van der Waals surface area contributed by atoms with Crippen LogP contribution in [0.4, 0.5) is 10.1 Å². The molecule has 1 aliphatic rings. The van der Waals surface area contributed by atoms with Crippen LogP contribution in [0.2, 0.25) is 0 Å². The molecule has 2 amide bonds. The molecule has 0 saturated carbocycles. The van der Waals surface area contributed by atoms with E-state index >= 15 is 0 Å². The molecule has 0 aromatic heterocycles. The number of benzene rings is 2. The van der Waals surface area contributed by atoms with Crippen LogP contribution in [0.25, 0.3) is 0 Å². The molecule has 4 nitrogen and oxygen atoms in total. The standard InChI is InChI=1S/C20H21FN2O2/c1-14-5-2-6-15(11-14)20(25)23-10-4-7-16(13-23)19(24)22-18-9-3-8-17(21)12-18/h2-3,5-6,8-9,11-12,16H,4,7,10,13H2,1H3,(H,22,24)/t16-/m0/s1. The van der Waals surface area contributed by atoms with Crippen molar-refractivity contribution in [3.05, 3.63) is 65.5 Å². The number of hydrogen-bond donors (Lipinski definition) is 1. The number of aryl methyl sites for hydroxylation is 1. The zero-order chi connectivity index (χ0) is 17.8. The fourth-order valence-electron chi connectivity index (χ4n) is 3.15. The predicted molar refractivity (Wildman–Crippen MR) is 94.8 cm³/mol. The first-order valence-electron chi connectivity index (χ1n) is 8.45. The lowest BCUT2D eigenvalue weighted by atomic mass is 9.96. The Morgan fingerprint density at radius 3 is 2.72 bits per heavy atom. The summed E-state index contributed by atoms with van der Waals surface area (Å²) in [5, 5.41) is 2.74. The summed E-state index contributed by atoms with van der Waals surface area (Å²) < 4.78 is 13.2. The van der Waals surface area contributed by atoms with Gasteiger partial charge in [0.15, 0.2) is 0 Å². The van der Waals surface area contributed by atoms with Crippen LogP contribution in [-0.2, 0) is 4.79 Å². The number of likely N-dealkylation sites (tertiary alicyclic amines) is 1. The van der Waals surface area contributed by atoms with Crippen LogP contribution in [-0.4, -0.2) is 29.8 Å². The molecule has 0 unspecified atom stereocenters. The summed E-state index contributed by atoms with van der Waals surface area (Å²) in [4.78, 5) is 26.9. The van der Waals surface area contributed by atoms with Crippen molar-refractivity contribution in [1.29, 1.82) is 0 Å². The zero-order valence-electron chi connectivity index (χ0n) is 14.2. The minimum absolute atomic E-state index is 0.0491. The lowest BCUT2D eigenvalue weighted by Gasteiger charge is -2.32. The van der Waals surface area contributed by atoms with Gasteiger partial charge < -0.3 is 10.2 Å². The molecule has 130 valence electrons. The van der Waals surface area contributed by atoms with Gasteiger partial charge in [-0.2, -0.15) is 0 Å². The van der Waals surface area contributed by atoms with Crippen LogP contribution in [0, 0.1) is 18.7 Å². The Labute approximate surface area is 146 Å². The van der Waals surface area contributed by atoms with Gasteiger partial charge in [0.05, 0.1) is 5.92 Å². The second kappa shape index (κ2) is 7.47. The Hall–Kier alpha value is -2.69. The van der Waals surface area contributed by atoms with E-state index in [0.717, 1.165) is 18.4 Å². The van der Waals surface area contributed by atoms with Crippen molar-refractivity contribution in [3.63, 3.8) is 0 Å². The van der Waals surface area contributed by atoms with E-state index in [0.29, 0.717) is 24.3 Å². The summed E-state index contributed by atoms with van der Waals surface area (Å²) in [5.74, 6) is -0.900. The van der Waals surface area contributed by atoms with Crippen LogP contribution in [0.3, 0.4) is 0 Å². The largest absolute Gasteiger partial charge is 0.338 e. The molecule has 0 aliphatic carbocycles.